The number of pyridine rings is 1. The van der Waals surface area contributed by atoms with Gasteiger partial charge in [-0.2, -0.15) is 5.10 Å². The third-order valence-corrected chi connectivity index (χ3v) is 5.16. The van der Waals surface area contributed by atoms with Crippen LogP contribution in [0, 0.1) is 0 Å². The lowest BCUT2D eigenvalue weighted by atomic mass is 9.92. The molecule has 0 atom stereocenters. The lowest BCUT2D eigenvalue weighted by Gasteiger charge is -2.14. The number of amides is 2. The van der Waals surface area contributed by atoms with Crippen molar-refractivity contribution in [1.29, 1.82) is 0 Å². The Morgan fingerprint density at radius 2 is 1.56 bits per heavy atom. The molecule has 2 heterocycles. The number of urea groups is 1. The lowest BCUT2D eigenvalue weighted by molar-refractivity contribution is 0.201. The molecule has 0 unspecified atom stereocenters. The topological polar surface area (TPSA) is 111 Å². The van der Waals surface area contributed by atoms with Gasteiger partial charge in [0.05, 0.1) is 18.0 Å². The largest absolute Gasteiger partial charge is 0.491 e. The molecule has 2 aromatic heterocycles. The van der Waals surface area contributed by atoms with E-state index in [0.29, 0.717) is 28.8 Å². The van der Waals surface area contributed by atoms with E-state index in [2.05, 4.69) is 36.4 Å². The van der Waals surface area contributed by atoms with Crippen LogP contribution in [-0.2, 0) is 5.41 Å². The van der Waals surface area contributed by atoms with Crippen molar-refractivity contribution in [2.75, 3.05) is 23.8 Å². The Hall–Kier alpha value is -4.37. The van der Waals surface area contributed by atoms with Crippen molar-refractivity contribution in [3.05, 3.63) is 84.8 Å². The van der Waals surface area contributed by atoms with Crippen LogP contribution < -0.4 is 20.1 Å². The average Bonchev–Trinajstić information content (AvgIpc) is 3.29. The van der Waals surface area contributed by atoms with E-state index in [1.54, 1.807) is 65.6 Å². The summed E-state index contributed by atoms with van der Waals surface area (Å²) in [5.74, 6) is 2.49. The van der Waals surface area contributed by atoms with Crippen molar-refractivity contribution in [3.8, 4) is 22.9 Å². The van der Waals surface area contributed by atoms with E-state index in [4.69, 9.17) is 19.7 Å². The molecule has 2 amide bonds. The summed E-state index contributed by atoms with van der Waals surface area (Å²) in [5.41, 5.74) is 1.99. The van der Waals surface area contributed by atoms with Crippen molar-refractivity contribution >= 4 is 17.5 Å². The molecule has 9 heteroatoms. The van der Waals surface area contributed by atoms with Crippen LogP contribution in [0.2, 0.25) is 0 Å². The number of hydrogen-bond acceptors (Lipinski definition) is 6. The first kappa shape index (κ1) is 24.7. The number of nitrogens with one attached hydrogen (secondary N) is 2. The number of rotatable bonds is 8. The quantitative estimate of drug-likeness (QED) is 0.308. The van der Waals surface area contributed by atoms with Crippen LogP contribution in [0.25, 0.3) is 5.69 Å². The van der Waals surface area contributed by atoms with Gasteiger partial charge in [0.2, 0.25) is 0 Å². The molecule has 0 fully saturated rings. The van der Waals surface area contributed by atoms with Gasteiger partial charge in [0.15, 0.2) is 0 Å². The Labute approximate surface area is 209 Å². The molecule has 0 saturated heterocycles. The maximum Gasteiger partial charge on any atom is 0.324 e. The summed E-state index contributed by atoms with van der Waals surface area (Å²) in [7, 11) is 0. The third kappa shape index (κ3) is 6.39. The molecule has 0 bridgehead atoms. The summed E-state index contributed by atoms with van der Waals surface area (Å²) in [6.45, 7) is 6.35. The number of aliphatic hydroxyl groups is 1. The molecule has 0 aliphatic rings. The van der Waals surface area contributed by atoms with E-state index in [-0.39, 0.29) is 18.6 Å². The number of anilines is 2. The number of carbonyl (C=O) groups excluding carboxylic acids is 1. The summed E-state index contributed by atoms with van der Waals surface area (Å²) in [5, 5.41) is 19.4. The summed E-state index contributed by atoms with van der Waals surface area (Å²) < 4.78 is 12.9. The van der Waals surface area contributed by atoms with E-state index in [0.717, 1.165) is 11.4 Å². The fourth-order valence-corrected chi connectivity index (χ4v) is 3.31. The van der Waals surface area contributed by atoms with Gasteiger partial charge >= 0.3 is 6.03 Å². The van der Waals surface area contributed by atoms with Crippen molar-refractivity contribution in [2.24, 2.45) is 0 Å². The Balaban J connectivity index is 1.47. The van der Waals surface area contributed by atoms with E-state index in [1.165, 1.54) is 0 Å². The fourth-order valence-electron chi connectivity index (χ4n) is 3.31. The second kappa shape index (κ2) is 10.9. The van der Waals surface area contributed by atoms with Crippen molar-refractivity contribution in [2.45, 2.75) is 26.2 Å². The van der Waals surface area contributed by atoms with Crippen molar-refractivity contribution in [3.63, 3.8) is 0 Å². The highest BCUT2D eigenvalue weighted by Gasteiger charge is 2.21. The average molecular weight is 488 g/mol. The highest BCUT2D eigenvalue weighted by atomic mass is 16.5. The van der Waals surface area contributed by atoms with Gasteiger partial charge in [0.25, 0.3) is 0 Å². The van der Waals surface area contributed by atoms with Crippen LogP contribution in [-0.4, -0.2) is 39.1 Å². The Kier molecular flexibility index (Phi) is 7.50. The van der Waals surface area contributed by atoms with Gasteiger partial charge in [0.1, 0.15) is 29.7 Å². The molecule has 0 aliphatic heterocycles. The molecule has 4 aromatic rings. The monoisotopic (exact) mass is 487 g/mol. The Morgan fingerprint density at radius 3 is 2.19 bits per heavy atom. The standard InChI is InChI=1S/C27H29N5O4/c1-27(2,3)24-18-25(32(31-24)20-6-10-21(11-7-20)35-17-16-33)30-26(34)29-19-4-8-22(9-5-19)36-23-12-14-28-15-13-23/h4-15,18,33H,16-17H2,1-3H3,(H2,29,30,34). The number of aromatic nitrogens is 3. The number of hydrogen-bond donors (Lipinski definition) is 3. The SMILES string of the molecule is CC(C)(C)c1cc(NC(=O)Nc2ccc(Oc3ccncc3)cc2)n(-c2ccc(OCCO)cc2)n1. The van der Waals surface area contributed by atoms with Crippen LogP contribution in [0.3, 0.4) is 0 Å². The first-order valence-corrected chi connectivity index (χ1v) is 11.5. The molecule has 0 spiro atoms. The van der Waals surface area contributed by atoms with Gasteiger partial charge in [-0.3, -0.25) is 10.3 Å². The minimum Gasteiger partial charge on any atom is -0.491 e. The second-order valence-electron chi connectivity index (χ2n) is 9.03. The summed E-state index contributed by atoms with van der Waals surface area (Å²) in [6, 6.07) is 19.4. The number of aliphatic hydroxyl groups excluding tert-OH is 1. The van der Waals surface area contributed by atoms with Crippen LogP contribution >= 0.6 is 0 Å². The third-order valence-electron chi connectivity index (χ3n) is 5.16. The highest BCUT2D eigenvalue weighted by molar-refractivity contribution is 5.99. The Bertz CT molecular complexity index is 1280. The van der Waals surface area contributed by atoms with Gasteiger partial charge in [-0.1, -0.05) is 20.8 Å². The first-order valence-electron chi connectivity index (χ1n) is 11.5. The molecular formula is C27H29N5O4. The number of ether oxygens (including phenoxy) is 2. The maximum atomic E-state index is 12.8. The second-order valence-corrected chi connectivity index (χ2v) is 9.03. The number of nitrogens with zero attached hydrogens (tertiary/aromatic N) is 3. The zero-order valence-electron chi connectivity index (χ0n) is 20.4. The number of benzene rings is 2. The van der Waals surface area contributed by atoms with Gasteiger partial charge in [-0.15, -0.1) is 0 Å². The van der Waals surface area contributed by atoms with Gasteiger partial charge in [0, 0.05) is 29.6 Å². The maximum absolute atomic E-state index is 12.8. The van der Waals surface area contributed by atoms with Gasteiger partial charge in [-0.25, -0.2) is 9.48 Å². The van der Waals surface area contributed by atoms with Crippen molar-refractivity contribution in [1.82, 2.24) is 14.8 Å². The molecule has 36 heavy (non-hydrogen) atoms. The molecule has 0 aliphatic carbocycles. The van der Waals surface area contributed by atoms with E-state index < -0.39 is 6.03 Å². The Morgan fingerprint density at radius 1 is 0.917 bits per heavy atom. The molecule has 4 rings (SSSR count). The predicted octanol–water partition coefficient (Wildman–Crippen LogP) is 5.37. The van der Waals surface area contributed by atoms with E-state index >= 15 is 0 Å². The molecule has 186 valence electrons. The van der Waals surface area contributed by atoms with Crippen LogP contribution in [0.4, 0.5) is 16.3 Å². The minimum absolute atomic E-state index is 0.0560. The van der Waals surface area contributed by atoms with E-state index in [1.807, 2.05) is 18.2 Å². The van der Waals surface area contributed by atoms with Gasteiger partial charge < -0.3 is 19.9 Å². The zero-order chi connectivity index (χ0) is 25.5. The van der Waals surface area contributed by atoms with Crippen molar-refractivity contribution < 1.29 is 19.4 Å². The lowest BCUT2D eigenvalue weighted by Crippen LogP contribution is -2.21. The highest BCUT2D eigenvalue weighted by Crippen LogP contribution is 2.27. The summed E-state index contributed by atoms with van der Waals surface area (Å²) >= 11 is 0. The molecule has 9 nitrogen and oxygen atoms in total. The molecule has 2 aromatic carbocycles. The minimum atomic E-state index is -0.401. The fraction of sp³-hybridized carbons (Fsp3) is 0.222. The van der Waals surface area contributed by atoms with Gasteiger partial charge in [-0.05, 0) is 60.7 Å². The summed E-state index contributed by atoms with van der Waals surface area (Å²) in [4.78, 5) is 16.8. The number of carbonyl (C=O) groups is 1. The normalized spacial score (nSPS) is 11.1. The summed E-state index contributed by atoms with van der Waals surface area (Å²) in [6.07, 6.45) is 3.32. The molecular weight excluding hydrogens is 458 g/mol. The molecule has 3 N–H and O–H groups in total. The van der Waals surface area contributed by atoms with Crippen LogP contribution in [0.15, 0.2) is 79.1 Å². The van der Waals surface area contributed by atoms with Crippen LogP contribution in [0.5, 0.6) is 17.2 Å². The van der Waals surface area contributed by atoms with Crippen LogP contribution in [0.1, 0.15) is 26.5 Å². The zero-order valence-corrected chi connectivity index (χ0v) is 20.4. The van der Waals surface area contributed by atoms with E-state index in [9.17, 15) is 4.79 Å². The molecule has 0 radical (unpaired) electrons. The smallest absolute Gasteiger partial charge is 0.324 e. The molecule has 0 saturated carbocycles. The predicted molar refractivity (Wildman–Crippen MR) is 138 cm³/mol. The first-order chi connectivity index (χ1) is 17.3.